The fraction of sp³-hybridized carbons (Fsp3) is 0.583. The maximum Gasteiger partial charge on any atom is 0.311 e. The highest BCUT2D eigenvalue weighted by molar-refractivity contribution is 5.75. The molecule has 1 fully saturated rings. The van der Waals surface area contributed by atoms with Crippen LogP contribution in [0.25, 0.3) is 0 Å². The van der Waals surface area contributed by atoms with Gasteiger partial charge < -0.3 is 10.0 Å². The van der Waals surface area contributed by atoms with E-state index < -0.39 is 11.4 Å². The highest BCUT2D eigenvalue weighted by Crippen LogP contribution is 2.34. The zero-order chi connectivity index (χ0) is 12.3. The van der Waals surface area contributed by atoms with Crippen LogP contribution in [0.2, 0.25) is 0 Å². The Morgan fingerprint density at radius 2 is 2.41 bits per heavy atom. The molecule has 0 radical (unpaired) electrons. The van der Waals surface area contributed by atoms with Crippen molar-refractivity contribution in [3.63, 3.8) is 0 Å². The summed E-state index contributed by atoms with van der Waals surface area (Å²) in [5.41, 5.74) is -0.629. The van der Waals surface area contributed by atoms with Gasteiger partial charge in [-0.25, -0.2) is 4.98 Å². The third-order valence-corrected chi connectivity index (χ3v) is 3.58. The minimum atomic E-state index is -0.700. The molecule has 1 atom stereocenters. The zero-order valence-corrected chi connectivity index (χ0v) is 9.96. The summed E-state index contributed by atoms with van der Waals surface area (Å²) < 4.78 is 0. The second-order valence-corrected chi connectivity index (χ2v) is 4.53. The molecule has 0 bridgehead atoms. The molecule has 1 N–H and O–H groups in total. The summed E-state index contributed by atoms with van der Waals surface area (Å²) in [7, 11) is 0. The Hall–Kier alpha value is -1.65. The molecule has 0 saturated carbocycles. The Morgan fingerprint density at radius 1 is 1.59 bits per heavy atom. The second kappa shape index (κ2) is 4.69. The number of carbonyl (C=O) groups is 1. The minimum absolute atomic E-state index is 0.525. The van der Waals surface area contributed by atoms with Gasteiger partial charge in [0.25, 0.3) is 0 Å². The molecular weight excluding hydrogens is 218 g/mol. The molecule has 1 unspecified atom stereocenters. The predicted octanol–water partition coefficient (Wildman–Crippen LogP) is 1.56. The highest BCUT2D eigenvalue weighted by atomic mass is 16.4. The van der Waals surface area contributed by atoms with Crippen molar-refractivity contribution in [2.45, 2.75) is 26.2 Å². The quantitative estimate of drug-likeness (QED) is 0.861. The van der Waals surface area contributed by atoms with Gasteiger partial charge in [0, 0.05) is 25.5 Å². The van der Waals surface area contributed by atoms with Crippen LogP contribution in [-0.2, 0) is 4.79 Å². The first-order chi connectivity index (χ1) is 8.18. The van der Waals surface area contributed by atoms with Crippen molar-refractivity contribution in [1.82, 2.24) is 9.97 Å². The number of hydrogen-bond donors (Lipinski definition) is 1. The van der Waals surface area contributed by atoms with E-state index in [2.05, 4.69) is 9.97 Å². The van der Waals surface area contributed by atoms with Gasteiger partial charge in [0.1, 0.15) is 5.82 Å². The maximum absolute atomic E-state index is 11.4. The lowest BCUT2D eigenvalue weighted by atomic mass is 9.77. The third kappa shape index (κ3) is 2.23. The van der Waals surface area contributed by atoms with Crippen LogP contribution in [0.5, 0.6) is 0 Å². The number of hydrogen-bond acceptors (Lipinski definition) is 4. The van der Waals surface area contributed by atoms with Gasteiger partial charge in [-0.2, -0.15) is 0 Å². The largest absolute Gasteiger partial charge is 0.481 e. The van der Waals surface area contributed by atoms with Gasteiger partial charge in [-0.3, -0.25) is 9.78 Å². The van der Waals surface area contributed by atoms with Crippen LogP contribution < -0.4 is 4.90 Å². The summed E-state index contributed by atoms with van der Waals surface area (Å²) in [6.45, 7) is 3.32. The Balaban J connectivity index is 2.20. The van der Waals surface area contributed by atoms with E-state index in [0.29, 0.717) is 13.0 Å². The SMILES string of the molecule is CCC1(C(=O)O)CCCN(c2cnccn2)C1. The first-order valence-electron chi connectivity index (χ1n) is 5.92. The van der Waals surface area contributed by atoms with Crippen LogP contribution in [-0.4, -0.2) is 34.1 Å². The maximum atomic E-state index is 11.4. The van der Waals surface area contributed by atoms with Crippen LogP contribution in [0.15, 0.2) is 18.6 Å². The molecule has 1 aliphatic rings. The molecule has 0 amide bonds. The van der Waals surface area contributed by atoms with Gasteiger partial charge in [-0.15, -0.1) is 0 Å². The second-order valence-electron chi connectivity index (χ2n) is 4.53. The summed E-state index contributed by atoms with van der Waals surface area (Å²) in [6.07, 6.45) is 7.23. The Bertz CT molecular complexity index is 396. The van der Waals surface area contributed by atoms with E-state index in [1.54, 1.807) is 18.6 Å². The standard InChI is InChI=1S/C12H17N3O2/c1-2-12(11(16)17)4-3-7-15(9-12)10-8-13-5-6-14-10/h5-6,8H,2-4,7,9H2,1H3,(H,16,17). The molecular formula is C12H17N3O2. The number of piperidine rings is 1. The van der Waals surface area contributed by atoms with Gasteiger partial charge in [0.15, 0.2) is 0 Å². The van der Waals surface area contributed by atoms with E-state index in [4.69, 9.17) is 0 Å². The molecule has 5 nitrogen and oxygen atoms in total. The average molecular weight is 235 g/mol. The normalized spacial score (nSPS) is 24.6. The van der Waals surface area contributed by atoms with Gasteiger partial charge in [0.05, 0.1) is 11.6 Å². The number of carboxylic acids is 1. The van der Waals surface area contributed by atoms with E-state index in [1.165, 1.54) is 0 Å². The van der Waals surface area contributed by atoms with E-state index in [1.807, 2.05) is 11.8 Å². The number of carboxylic acid groups (broad SMARTS) is 1. The number of aromatic nitrogens is 2. The molecule has 1 aromatic rings. The summed E-state index contributed by atoms with van der Waals surface area (Å²) in [4.78, 5) is 21.7. The number of nitrogens with zero attached hydrogens (tertiary/aromatic N) is 3. The molecule has 0 aliphatic carbocycles. The van der Waals surface area contributed by atoms with Crippen LogP contribution in [0.1, 0.15) is 26.2 Å². The van der Waals surface area contributed by atoms with E-state index in [0.717, 1.165) is 25.2 Å². The number of anilines is 1. The monoisotopic (exact) mass is 235 g/mol. The lowest BCUT2D eigenvalue weighted by Crippen LogP contribution is -2.47. The molecule has 17 heavy (non-hydrogen) atoms. The number of rotatable bonds is 3. The Kier molecular flexibility index (Phi) is 3.26. The van der Waals surface area contributed by atoms with Gasteiger partial charge in [-0.1, -0.05) is 6.92 Å². The molecule has 5 heteroatoms. The van der Waals surface area contributed by atoms with Crippen molar-refractivity contribution in [3.05, 3.63) is 18.6 Å². The van der Waals surface area contributed by atoms with E-state index in [9.17, 15) is 9.90 Å². The summed E-state index contributed by atoms with van der Waals surface area (Å²) in [6, 6.07) is 0. The lowest BCUT2D eigenvalue weighted by molar-refractivity contribution is -0.149. The predicted molar refractivity (Wildman–Crippen MR) is 63.8 cm³/mol. The molecule has 0 spiro atoms. The van der Waals surface area contributed by atoms with Gasteiger partial charge in [0.2, 0.25) is 0 Å². The van der Waals surface area contributed by atoms with Crippen molar-refractivity contribution in [3.8, 4) is 0 Å². The molecule has 92 valence electrons. The molecule has 1 aromatic heterocycles. The fourth-order valence-corrected chi connectivity index (χ4v) is 2.40. The molecule has 1 aliphatic heterocycles. The lowest BCUT2D eigenvalue weighted by Gasteiger charge is -2.39. The molecule has 2 rings (SSSR count). The van der Waals surface area contributed by atoms with Gasteiger partial charge >= 0.3 is 5.97 Å². The molecule has 0 aromatic carbocycles. The topological polar surface area (TPSA) is 66.3 Å². The average Bonchev–Trinajstić information content (AvgIpc) is 2.39. The van der Waals surface area contributed by atoms with Crippen LogP contribution in [0, 0.1) is 5.41 Å². The Labute approximate surface area is 100 Å². The van der Waals surface area contributed by atoms with Crippen molar-refractivity contribution in [2.75, 3.05) is 18.0 Å². The zero-order valence-electron chi connectivity index (χ0n) is 9.96. The van der Waals surface area contributed by atoms with Crippen molar-refractivity contribution >= 4 is 11.8 Å². The van der Waals surface area contributed by atoms with Crippen LogP contribution in [0.4, 0.5) is 5.82 Å². The summed E-state index contributed by atoms with van der Waals surface area (Å²) >= 11 is 0. The van der Waals surface area contributed by atoms with Crippen molar-refractivity contribution < 1.29 is 9.90 Å². The smallest absolute Gasteiger partial charge is 0.311 e. The fourth-order valence-electron chi connectivity index (χ4n) is 2.40. The summed E-state index contributed by atoms with van der Waals surface area (Å²) in [5.74, 6) is 0.0693. The van der Waals surface area contributed by atoms with Crippen molar-refractivity contribution in [1.29, 1.82) is 0 Å². The van der Waals surface area contributed by atoms with Crippen LogP contribution in [0.3, 0.4) is 0 Å². The molecule has 1 saturated heterocycles. The summed E-state index contributed by atoms with van der Waals surface area (Å²) in [5, 5.41) is 9.39. The van der Waals surface area contributed by atoms with E-state index in [-0.39, 0.29) is 0 Å². The van der Waals surface area contributed by atoms with Crippen LogP contribution >= 0.6 is 0 Å². The Morgan fingerprint density at radius 3 is 3.00 bits per heavy atom. The van der Waals surface area contributed by atoms with Gasteiger partial charge in [-0.05, 0) is 19.3 Å². The molecule has 2 heterocycles. The first-order valence-corrected chi connectivity index (χ1v) is 5.92. The number of aliphatic carboxylic acids is 1. The van der Waals surface area contributed by atoms with Crippen molar-refractivity contribution in [2.24, 2.45) is 5.41 Å². The third-order valence-electron chi connectivity index (χ3n) is 3.58. The van der Waals surface area contributed by atoms with E-state index >= 15 is 0 Å². The highest BCUT2D eigenvalue weighted by Gasteiger charge is 2.41. The minimum Gasteiger partial charge on any atom is -0.481 e. The first kappa shape index (κ1) is 11.8.